The first kappa shape index (κ1) is 22.3. The van der Waals surface area contributed by atoms with Gasteiger partial charge in [0.2, 0.25) is 11.8 Å². The fourth-order valence-corrected chi connectivity index (χ4v) is 4.75. The molecule has 0 bridgehead atoms. The molecule has 8 nitrogen and oxygen atoms in total. The van der Waals surface area contributed by atoms with Gasteiger partial charge in [0.25, 0.3) is 5.91 Å². The van der Waals surface area contributed by atoms with Crippen LogP contribution in [0.3, 0.4) is 0 Å². The number of nitrogens with one attached hydrogen (secondary N) is 1. The molecule has 2 saturated heterocycles. The predicted octanol–water partition coefficient (Wildman–Crippen LogP) is 1.68. The van der Waals surface area contributed by atoms with Crippen LogP contribution in [-0.4, -0.2) is 80.4 Å². The quantitative estimate of drug-likeness (QED) is 0.686. The van der Waals surface area contributed by atoms with E-state index in [0.29, 0.717) is 26.2 Å². The highest BCUT2D eigenvalue weighted by molar-refractivity contribution is 7.08. The van der Waals surface area contributed by atoms with E-state index in [1.165, 1.54) is 11.3 Å². The van der Waals surface area contributed by atoms with Crippen LogP contribution in [0.1, 0.15) is 16.8 Å². The summed E-state index contributed by atoms with van der Waals surface area (Å²) < 4.78 is 5.16. The van der Waals surface area contributed by atoms with Crippen molar-refractivity contribution in [1.82, 2.24) is 15.1 Å². The predicted molar refractivity (Wildman–Crippen MR) is 123 cm³/mol. The highest BCUT2D eigenvalue weighted by atomic mass is 32.1. The molecule has 1 aromatic carbocycles. The average molecular weight is 457 g/mol. The molecule has 1 N–H and O–H groups in total. The van der Waals surface area contributed by atoms with Gasteiger partial charge in [0, 0.05) is 63.3 Å². The Bertz CT molecular complexity index is 939. The molecule has 3 heterocycles. The van der Waals surface area contributed by atoms with E-state index >= 15 is 0 Å². The largest absolute Gasteiger partial charge is 0.497 e. The van der Waals surface area contributed by atoms with E-state index in [1.54, 1.807) is 12.0 Å². The molecular formula is C23H28N4O4S. The second-order valence-corrected chi connectivity index (χ2v) is 8.82. The van der Waals surface area contributed by atoms with Crippen molar-refractivity contribution in [1.29, 1.82) is 0 Å². The van der Waals surface area contributed by atoms with Crippen molar-refractivity contribution in [2.45, 2.75) is 6.42 Å². The topological polar surface area (TPSA) is 82.2 Å². The summed E-state index contributed by atoms with van der Waals surface area (Å²) >= 11 is 1.53. The first-order valence-electron chi connectivity index (χ1n) is 10.8. The number of methoxy groups -OCH3 is 1. The van der Waals surface area contributed by atoms with Crippen LogP contribution in [0.2, 0.25) is 0 Å². The van der Waals surface area contributed by atoms with Crippen LogP contribution < -0.4 is 15.0 Å². The number of benzene rings is 1. The van der Waals surface area contributed by atoms with Crippen molar-refractivity contribution in [2.75, 3.05) is 57.8 Å². The SMILES string of the molecule is COc1ccc(N2CC(C(=O)NCCN3CCN(C(=O)c4ccsc4)CC3)CC2=O)cc1. The summed E-state index contributed by atoms with van der Waals surface area (Å²) in [5.74, 6) is 0.352. The first-order valence-corrected chi connectivity index (χ1v) is 11.8. The lowest BCUT2D eigenvalue weighted by Crippen LogP contribution is -2.50. The van der Waals surface area contributed by atoms with Crippen molar-refractivity contribution in [3.05, 3.63) is 46.7 Å². The van der Waals surface area contributed by atoms with Crippen molar-refractivity contribution in [2.24, 2.45) is 5.92 Å². The van der Waals surface area contributed by atoms with Gasteiger partial charge >= 0.3 is 0 Å². The van der Waals surface area contributed by atoms with Gasteiger partial charge in [-0.15, -0.1) is 0 Å². The highest BCUT2D eigenvalue weighted by Crippen LogP contribution is 2.26. The minimum Gasteiger partial charge on any atom is -0.497 e. The first-order chi connectivity index (χ1) is 15.5. The summed E-state index contributed by atoms with van der Waals surface area (Å²) in [6, 6.07) is 9.14. The molecule has 170 valence electrons. The number of amides is 3. The molecule has 2 fully saturated rings. The molecule has 9 heteroatoms. The number of hydrogen-bond acceptors (Lipinski definition) is 6. The van der Waals surface area contributed by atoms with E-state index in [2.05, 4.69) is 10.2 Å². The van der Waals surface area contributed by atoms with Crippen molar-refractivity contribution in [3.8, 4) is 5.75 Å². The summed E-state index contributed by atoms with van der Waals surface area (Å²) in [4.78, 5) is 43.2. The zero-order chi connectivity index (χ0) is 22.5. The number of nitrogens with zero attached hydrogens (tertiary/aromatic N) is 3. The van der Waals surface area contributed by atoms with Gasteiger partial charge in [-0.1, -0.05) is 0 Å². The second kappa shape index (κ2) is 10.1. The van der Waals surface area contributed by atoms with E-state index in [9.17, 15) is 14.4 Å². The van der Waals surface area contributed by atoms with Crippen molar-refractivity contribution >= 4 is 34.7 Å². The number of carbonyl (C=O) groups is 3. The fourth-order valence-electron chi connectivity index (χ4n) is 4.12. The maximum absolute atomic E-state index is 12.6. The highest BCUT2D eigenvalue weighted by Gasteiger charge is 2.35. The molecular weight excluding hydrogens is 428 g/mol. The van der Waals surface area contributed by atoms with E-state index in [-0.39, 0.29) is 30.1 Å². The lowest BCUT2D eigenvalue weighted by molar-refractivity contribution is -0.126. The minimum atomic E-state index is -0.343. The Morgan fingerprint density at radius 3 is 2.53 bits per heavy atom. The molecule has 1 atom stereocenters. The van der Waals surface area contributed by atoms with Gasteiger partial charge in [0.15, 0.2) is 0 Å². The number of piperazine rings is 1. The normalized spacial score (nSPS) is 19.3. The van der Waals surface area contributed by atoms with Crippen molar-refractivity contribution in [3.63, 3.8) is 0 Å². The Hall–Kier alpha value is -2.91. The lowest BCUT2D eigenvalue weighted by Gasteiger charge is -2.34. The third-order valence-corrected chi connectivity index (χ3v) is 6.72. The van der Waals surface area contributed by atoms with Gasteiger partial charge in [-0.2, -0.15) is 11.3 Å². The fraction of sp³-hybridized carbons (Fsp3) is 0.435. The van der Waals surface area contributed by atoms with Crippen LogP contribution in [-0.2, 0) is 9.59 Å². The van der Waals surface area contributed by atoms with E-state index < -0.39 is 0 Å². The molecule has 2 aliphatic rings. The van der Waals surface area contributed by atoms with E-state index in [4.69, 9.17) is 4.74 Å². The third kappa shape index (κ3) is 5.11. The number of carbonyl (C=O) groups excluding carboxylic acids is 3. The van der Waals surface area contributed by atoms with Gasteiger partial charge < -0.3 is 19.9 Å². The summed E-state index contributed by atoms with van der Waals surface area (Å²) in [5.41, 5.74) is 1.53. The molecule has 1 aromatic heterocycles. The molecule has 32 heavy (non-hydrogen) atoms. The number of hydrogen-bond donors (Lipinski definition) is 1. The number of thiophene rings is 1. The number of anilines is 1. The molecule has 1 unspecified atom stereocenters. The Morgan fingerprint density at radius 1 is 1.12 bits per heavy atom. The maximum Gasteiger partial charge on any atom is 0.254 e. The summed E-state index contributed by atoms with van der Waals surface area (Å²) in [6.45, 7) is 4.62. The molecule has 2 aliphatic heterocycles. The molecule has 3 amide bonds. The second-order valence-electron chi connectivity index (χ2n) is 8.04. The number of ether oxygens (including phenoxy) is 1. The number of rotatable bonds is 7. The molecule has 0 radical (unpaired) electrons. The zero-order valence-electron chi connectivity index (χ0n) is 18.2. The van der Waals surface area contributed by atoms with Crippen LogP contribution in [0.4, 0.5) is 5.69 Å². The molecule has 0 spiro atoms. The van der Waals surface area contributed by atoms with Gasteiger partial charge in [0.05, 0.1) is 18.6 Å². The standard InChI is InChI=1S/C23H28N4O4S/c1-31-20-4-2-19(3-5-20)27-15-18(14-21(27)28)22(29)24-7-8-25-9-11-26(12-10-25)23(30)17-6-13-32-16-17/h2-6,13,16,18H,7-12,14-15H2,1H3,(H,24,29). The van der Waals surface area contributed by atoms with Crippen LogP contribution in [0, 0.1) is 5.92 Å². The monoisotopic (exact) mass is 456 g/mol. The van der Waals surface area contributed by atoms with Gasteiger partial charge in [-0.25, -0.2) is 0 Å². The summed E-state index contributed by atoms with van der Waals surface area (Å²) in [6.07, 6.45) is 0.223. The Balaban J connectivity index is 1.18. The van der Waals surface area contributed by atoms with Gasteiger partial charge in [-0.3, -0.25) is 19.3 Å². The van der Waals surface area contributed by atoms with Crippen LogP contribution in [0.15, 0.2) is 41.1 Å². The van der Waals surface area contributed by atoms with E-state index in [1.807, 2.05) is 46.0 Å². The minimum absolute atomic E-state index is 0.0401. The summed E-state index contributed by atoms with van der Waals surface area (Å²) in [5, 5.41) is 6.78. The van der Waals surface area contributed by atoms with Crippen molar-refractivity contribution < 1.29 is 19.1 Å². The molecule has 4 rings (SSSR count). The summed E-state index contributed by atoms with van der Waals surface area (Å²) in [7, 11) is 1.60. The van der Waals surface area contributed by atoms with Crippen LogP contribution in [0.25, 0.3) is 0 Å². The zero-order valence-corrected chi connectivity index (χ0v) is 19.0. The van der Waals surface area contributed by atoms with Crippen LogP contribution in [0.5, 0.6) is 5.75 Å². The van der Waals surface area contributed by atoms with E-state index in [0.717, 1.165) is 36.6 Å². The molecule has 2 aromatic rings. The Morgan fingerprint density at radius 2 is 1.88 bits per heavy atom. The smallest absolute Gasteiger partial charge is 0.254 e. The average Bonchev–Trinajstić information content (AvgIpc) is 3.49. The molecule has 0 aliphatic carbocycles. The lowest BCUT2D eigenvalue weighted by atomic mass is 10.1. The Labute approximate surface area is 191 Å². The third-order valence-electron chi connectivity index (χ3n) is 6.03. The van der Waals surface area contributed by atoms with Gasteiger partial charge in [-0.05, 0) is 35.7 Å². The molecule has 0 saturated carbocycles. The maximum atomic E-state index is 12.6. The van der Waals surface area contributed by atoms with Crippen LogP contribution >= 0.6 is 11.3 Å². The van der Waals surface area contributed by atoms with Gasteiger partial charge in [0.1, 0.15) is 5.75 Å². The Kier molecular flexibility index (Phi) is 7.06.